The Balaban J connectivity index is 2.06. The summed E-state index contributed by atoms with van der Waals surface area (Å²) in [5, 5.41) is 14.1. The number of hydrogen-bond acceptors (Lipinski definition) is 2. The Bertz CT molecular complexity index is 356. The van der Waals surface area contributed by atoms with Crippen LogP contribution in [0.2, 0.25) is 5.02 Å². The van der Waals surface area contributed by atoms with Crippen molar-refractivity contribution in [1.29, 1.82) is 0 Å². The van der Waals surface area contributed by atoms with Crippen LogP contribution in [0.25, 0.3) is 0 Å². The molecule has 3 heteroatoms. The monoisotopic (exact) mass is 225 g/mol. The summed E-state index contributed by atoms with van der Waals surface area (Å²) in [4.78, 5) is 0. The van der Waals surface area contributed by atoms with Crippen molar-refractivity contribution in [1.82, 2.24) is 5.32 Å². The van der Waals surface area contributed by atoms with Crippen LogP contribution in [0.4, 0.5) is 0 Å². The molecule has 1 aliphatic heterocycles. The number of halogens is 1. The van der Waals surface area contributed by atoms with Crippen molar-refractivity contribution in [2.45, 2.75) is 38.0 Å². The van der Waals surface area contributed by atoms with Crippen LogP contribution in [0.1, 0.15) is 31.9 Å². The van der Waals surface area contributed by atoms with Crippen molar-refractivity contribution in [3.63, 3.8) is 0 Å². The maximum absolute atomic E-state index is 10.1. The molecule has 1 aromatic rings. The molecule has 0 bridgehead atoms. The van der Waals surface area contributed by atoms with Gasteiger partial charge in [0, 0.05) is 16.6 Å². The zero-order valence-corrected chi connectivity index (χ0v) is 9.75. The average molecular weight is 226 g/mol. The molecule has 1 fully saturated rings. The second-order valence-electron chi connectivity index (χ2n) is 4.84. The first kappa shape index (κ1) is 10.9. The highest BCUT2D eigenvalue weighted by atomic mass is 35.5. The Morgan fingerprint density at radius 1 is 1.53 bits per heavy atom. The fraction of sp³-hybridized carbons (Fsp3) is 0.500. The molecular weight excluding hydrogens is 210 g/mol. The molecule has 2 N–H and O–H groups in total. The highest BCUT2D eigenvalue weighted by Gasteiger charge is 2.39. The van der Waals surface area contributed by atoms with Gasteiger partial charge in [0.1, 0.15) is 0 Å². The zero-order chi connectivity index (χ0) is 11.1. The highest BCUT2D eigenvalue weighted by Crippen LogP contribution is 2.32. The van der Waals surface area contributed by atoms with Crippen molar-refractivity contribution >= 4 is 11.6 Å². The van der Waals surface area contributed by atoms with Gasteiger partial charge in [0.2, 0.25) is 0 Å². The molecule has 1 aromatic carbocycles. The summed E-state index contributed by atoms with van der Waals surface area (Å²) in [7, 11) is 0. The average Bonchev–Trinajstić information content (AvgIpc) is 2.13. The lowest BCUT2D eigenvalue weighted by Crippen LogP contribution is -2.61. The van der Waals surface area contributed by atoms with Crippen LogP contribution in [0, 0.1) is 0 Å². The van der Waals surface area contributed by atoms with Gasteiger partial charge < -0.3 is 10.4 Å². The zero-order valence-electron chi connectivity index (χ0n) is 9.00. The van der Waals surface area contributed by atoms with Crippen LogP contribution >= 0.6 is 11.6 Å². The summed E-state index contributed by atoms with van der Waals surface area (Å²) >= 11 is 5.88. The standard InChI is InChI=1S/C12H16ClNO/c1-12(2)7-10(14-12)11(15)8-4-3-5-9(13)6-8/h3-6,10-11,14-15H,7H2,1-2H3/t10-,11-/m1/s1. The van der Waals surface area contributed by atoms with Gasteiger partial charge in [-0.2, -0.15) is 0 Å². The van der Waals surface area contributed by atoms with Crippen molar-refractivity contribution in [2.75, 3.05) is 0 Å². The van der Waals surface area contributed by atoms with Gasteiger partial charge in [-0.3, -0.25) is 0 Å². The summed E-state index contributed by atoms with van der Waals surface area (Å²) in [5.74, 6) is 0. The Labute approximate surface area is 95.3 Å². The molecule has 82 valence electrons. The van der Waals surface area contributed by atoms with E-state index < -0.39 is 6.10 Å². The predicted molar refractivity (Wildman–Crippen MR) is 62.0 cm³/mol. The fourth-order valence-corrected chi connectivity index (χ4v) is 2.34. The first-order valence-corrected chi connectivity index (χ1v) is 5.57. The maximum atomic E-state index is 10.1. The molecule has 2 atom stereocenters. The van der Waals surface area contributed by atoms with Crippen LogP contribution in [0.3, 0.4) is 0 Å². The minimum atomic E-state index is -0.461. The normalized spacial score (nSPS) is 25.7. The quantitative estimate of drug-likeness (QED) is 0.811. The second-order valence-corrected chi connectivity index (χ2v) is 5.28. The number of hydrogen-bond donors (Lipinski definition) is 2. The van der Waals surface area contributed by atoms with E-state index in [1.807, 2.05) is 24.3 Å². The van der Waals surface area contributed by atoms with E-state index in [9.17, 15) is 5.11 Å². The second kappa shape index (κ2) is 3.78. The highest BCUT2D eigenvalue weighted by molar-refractivity contribution is 6.30. The summed E-state index contributed by atoms with van der Waals surface area (Å²) in [6.07, 6.45) is 0.525. The third kappa shape index (κ3) is 2.33. The molecule has 2 rings (SSSR count). The Hall–Kier alpha value is -0.570. The summed E-state index contributed by atoms with van der Waals surface area (Å²) < 4.78 is 0. The lowest BCUT2D eigenvalue weighted by molar-refractivity contribution is 0.0390. The number of aliphatic hydroxyl groups excluding tert-OH is 1. The third-order valence-electron chi connectivity index (χ3n) is 2.88. The Kier molecular flexibility index (Phi) is 2.75. The van der Waals surface area contributed by atoms with Gasteiger partial charge in [-0.1, -0.05) is 23.7 Å². The van der Waals surface area contributed by atoms with Crippen molar-refractivity contribution in [2.24, 2.45) is 0 Å². The van der Waals surface area contributed by atoms with E-state index in [4.69, 9.17) is 11.6 Å². The Morgan fingerprint density at radius 3 is 2.73 bits per heavy atom. The van der Waals surface area contributed by atoms with Gasteiger partial charge in [-0.25, -0.2) is 0 Å². The van der Waals surface area contributed by atoms with Crippen molar-refractivity contribution in [3.05, 3.63) is 34.9 Å². The van der Waals surface area contributed by atoms with Gasteiger partial charge in [0.05, 0.1) is 6.10 Å². The van der Waals surface area contributed by atoms with E-state index in [0.717, 1.165) is 12.0 Å². The van der Waals surface area contributed by atoms with Crippen LogP contribution in [-0.4, -0.2) is 16.7 Å². The molecule has 0 saturated carbocycles. The van der Waals surface area contributed by atoms with E-state index in [1.54, 1.807) is 0 Å². The molecule has 15 heavy (non-hydrogen) atoms. The van der Waals surface area contributed by atoms with Crippen molar-refractivity contribution in [3.8, 4) is 0 Å². The molecule has 0 aliphatic carbocycles. The van der Waals surface area contributed by atoms with Gasteiger partial charge in [-0.05, 0) is 38.0 Å². The molecule has 1 heterocycles. The molecule has 0 amide bonds. The molecule has 0 unspecified atom stereocenters. The van der Waals surface area contributed by atoms with Gasteiger partial charge in [0.15, 0.2) is 0 Å². The first-order chi connectivity index (χ1) is 6.98. The first-order valence-electron chi connectivity index (χ1n) is 5.19. The lowest BCUT2D eigenvalue weighted by Gasteiger charge is -2.46. The molecule has 1 saturated heterocycles. The molecule has 1 aliphatic rings. The smallest absolute Gasteiger partial charge is 0.0944 e. The molecule has 2 nitrogen and oxygen atoms in total. The lowest BCUT2D eigenvalue weighted by atomic mass is 9.81. The largest absolute Gasteiger partial charge is 0.387 e. The number of aliphatic hydroxyl groups is 1. The third-order valence-corrected chi connectivity index (χ3v) is 3.11. The maximum Gasteiger partial charge on any atom is 0.0944 e. The van der Waals surface area contributed by atoms with E-state index in [1.165, 1.54) is 0 Å². The summed E-state index contributed by atoms with van der Waals surface area (Å²) in [6, 6.07) is 7.56. The van der Waals surface area contributed by atoms with Crippen LogP contribution in [0.15, 0.2) is 24.3 Å². The minimum absolute atomic E-state index is 0.151. The van der Waals surface area contributed by atoms with Gasteiger partial charge in [0.25, 0.3) is 0 Å². The summed E-state index contributed by atoms with van der Waals surface area (Å²) in [6.45, 7) is 4.27. The van der Waals surface area contributed by atoms with E-state index in [-0.39, 0.29) is 11.6 Å². The number of rotatable bonds is 2. The number of nitrogens with one attached hydrogen (secondary N) is 1. The fourth-order valence-electron chi connectivity index (χ4n) is 2.14. The van der Waals surface area contributed by atoms with Gasteiger partial charge >= 0.3 is 0 Å². The van der Waals surface area contributed by atoms with Crippen LogP contribution in [-0.2, 0) is 0 Å². The predicted octanol–water partition coefficient (Wildman–Crippen LogP) is 2.51. The molecule has 0 spiro atoms. The SMILES string of the molecule is CC1(C)C[C@H]([C@H](O)c2cccc(Cl)c2)N1. The summed E-state index contributed by atoms with van der Waals surface area (Å²) in [5.41, 5.74) is 1.04. The van der Waals surface area contributed by atoms with E-state index in [0.29, 0.717) is 5.02 Å². The molecular formula is C12H16ClNO. The van der Waals surface area contributed by atoms with Crippen LogP contribution < -0.4 is 5.32 Å². The topological polar surface area (TPSA) is 32.3 Å². The van der Waals surface area contributed by atoms with E-state index in [2.05, 4.69) is 19.2 Å². The van der Waals surface area contributed by atoms with Crippen LogP contribution in [0.5, 0.6) is 0 Å². The van der Waals surface area contributed by atoms with E-state index >= 15 is 0 Å². The minimum Gasteiger partial charge on any atom is -0.387 e. The molecule has 0 aromatic heterocycles. The molecule has 0 radical (unpaired) electrons. The van der Waals surface area contributed by atoms with Crippen molar-refractivity contribution < 1.29 is 5.11 Å². The van der Waals surface area contributed by atoms with Gasteiger partial charge in [-0.15, -0.1) is 0 Å². The Morgan fingerprint density at radius 2 is 2.20 bits per heavy atom. The number of benzene rings is 1.